The van der Waals surface area contributed by atoms with Crippen LogP contribution in [0.1, 0.15) is 26.7 Å². The maximum absolute atomic E-state index is 13.3. The first-order valence-electron chi connectivity index (χ1n) is 6.54. The highest BCUT2D eigenvalue weighted by atomic mass is 19.3. The highest BCUT2D eigenvalue weighted by Gasteiger charge is 2.30. The average molecular weight is 326 g/mol. The van der Waals surface area contributed by atoms with Gasteiger partial charge in [-0.05, 0) is 13.8 Å². The molecule has 0 saturated carbocycles. The number of halogens is 6. The highest BCUT2D eigenvalue weighted by molar-refractivity contribution is 4.66. The fraction of sp³-hybridized carbons (Fsp3) is 1.00. The molecule has 0 aliphatic rings. The second kappa shape index (κ2) is 11.1. The highest BCUT2D eigenvalue weighted by Crippen LogP contribution is 2.20. The summed E-state index contributed by atoms with van der Waals surface area (Å²) >= 11 is 0. The second-order valence-electron chi connectivity index (χ2n) is 4.08. The first kappa shape index (κ1) is 20.5. The maximum atomic E-state index is 13.3. The van der Waals surface area contributed by atoms with E-state index < -0.39 is 50.6 Å². The van der Waals surface area contributed by atoms with Crippen LogP contribution in [-0.2, 0) is 14.2 Å². The predicted molar refractivity (Wildman–Crippen MR) is 62.9 cm³/mol. The molecule has 0 aliphatic heterocycles. The minimum Gasteiger partial charge on any atom is -0.372 e. The summed E-state index contributed by atoms with van der Waals surface area (Å²) in [4.78, 5) is 0. The quantitative estimate of drug-likeness (QED) is 0.512. The third-order valence-corrected chi connectivity index (χ3v) is 2.45. The van der Waals surface area contributed by atoms with Crippen LogP contribution >= 0.6 is 0 Å². The smallest absolute Gasteiger partial charge is 0.264 e. The summed E-state index contributed by atoms with van der Waals surface area (Å²) < 4.78 is 89.7. The Morgan fingerprint density at radius 3 is 1.24 bits per heavy atom. The lowest BCUT2D eigenvalue weighted by atomic mass is 10.2. The summed E-state index contributed by atoms with van der Waals surface area (Å²) in [6.45, 7) is 2.74. The summed E-state index contributed by atoms with van der Waals surface area (Å²) in [5, 5.41) is 0. The van der Waals surface area contributed by atoms with Gasteiger partial charge in [-0.3, -0.25) is 0 Å². The number of alkyl halides is 6. The normalized spacial score (nSPS) is 18.0. The molecule has 3 nitrogen and oxygen atoms in total. The molecule has 0 heterocycles. The van der Waals surface area contributed by atoms with E-state index in [4.69, 9.17) is 0 Å². The molecule has 9 heteroatoms. The molecule has 0 amide bonds. The summed E-state index contributed by atoms with van der Waals surface area (Å²) in [5.74, 6) is 0. The van der Waals surface area contributed by atoms with Crippen LogP contribution in [0.5, 0.6) is 0 Å². The summed E-state index contributed by atoms with van der Waals surface area (Å²) in [6, 6.07) is 0. The summed E-state index contributed by atoms with van der Waals surface area (Å²) in [6.07, 6.45) is -15.9. The molecule has 0 aromatic heterocycles. The van der Waals surface area contributed by atoms with Crippen LogP contribution in [0.4, 0.5) is 26.3 Å². The molecule has 0 aromatic rings. The lowest BCUT2D eigenvalue weighted by molar-refractivity contribution is -0.186. The van der Waals surface area contributed by atoms with Crippen LogP contribution in [0, 0.1) is 0 Å². The van der Waals surface area contributed by atoms with Crippen LogP contribution in [-0.4, -0.2) is 51.0 Å². The largest absolute Gasteiger partial charge is 0.372 e. The lowest BCUT2D eigenvalue weighted by Crippen LogP contribution is -2.31. The van der Waals surface area contributed by atoms with Crippen molar-refractivity contribution in [2.24, 2.45) is 0 Å². The molecule has 4 atom stereocenters. The second-order valence-corrected chi connectivity index (χ2v) is 4.08. The molecular formula is C12H20F6O3. The molecule has 0 aromatic carbocycles. The van der Waals surface area contributed by atoms with E-state index in [-0.39, 0.29) is 13.2 Å². The van der Waals surface area contributed by atoms with Gasteiger partial charge in [0.15, 0.2) is 0 Å². The number of hydrogen-bond acceptors (Lipinski definition) is 3. The van der Waals surface area contributed by atoms with Gasteiger partial charge in [0.2, 0.25) is 12.7 Å². The van der Waals surface area contributed by atoms with Crippen molar-refractivity contribution in [1.29, 1.82) is 0 Å². The molecule has 0 N–H and O–H groups in total. The minimum absolute atomic E-state index is 0.0709. The zero-order valence-electron chi connectivity index (χ0n) is 11.8. The third-order valence-electron chi connectivity index (χ3n) is 2.45. The minimum atomic E-state index is -2.96. The van der Waals surface area contributed by atoms with Gasteiger partial charge in [-0.1, -0.05) is 0 Å². The lowest BCUT2D eigenvalue weighted by Gasteiger charge is -2.22. The fourth-order valence-electron chi connectivity index (χ4n) is 1.55. The van der Waals surface area contributed by atoms with E-state index in [2.05, 4.69) is 14.2 Å². The Bertz CT molecular complexity index is 233. The Morgan fingerprint density at radius 2 is 1.00 bits per heavy atom. The van der Waals surface area contributed by atoms with Gasteiger partial charge in [0, 0.05) is 26.1 Å². The molecule has 0 spiro atoms. The molecule has 0 bridgehead atoms. The van der Waals surface area contributed by atoms with Crippen molar-refractivity contribution >= 4 is 0 Å². The van der Waals surface area contributed by atoms with E-state index in [0.29, 0.717) is 0 Å². The molecule has 4 unspecified atom stereocenters. The topological polar surface area (TPSA) is 27.7 Å². The molecule has 0 rings (SSSR count). The standard InChI is InChI=1S/C12H20F6O3/c1-3-19-7(11(15)16)5-9(13)21-10(14)6-8(12(17)18)20-4-2/h7-12H,3-6H2,1-2H3. The maximum Gasteiger partial charge on any atom is 0.264 e. The number of rotatable bonds is 12. The SMILES string of the molecule is CCOC(CC(F)OC(F)CC(OCC)C(F)F)C(F)F. The van der Waals surface area contributed by atoms with Gasteiger partial charge in [-0.25, -0.2) is 26.3 Å². The van der Waals surface area contributed by atoms with Crippen molar-refractivity contribution in [2.75, 3.05) is 13.2 Å². The van der Waals surface area contributed by atoms with Gasteiger partial charge >= 0.3 is 0 Å². The van der Waals surface area contributed by atoms with Gasteiger partial charge in [0.05, 0.1) is 0 Å². The van der Waals surface area contributed by atoms with Crippen LogP contribution in [0.3, 0.4) is 0 Å². The van der Waals surface area contributed by atoms with Gasteiger partial charge in [0.25, 0.3) is 12.9 Å². The van der Waals surface area contributed by atoms with E-state index in [9.17, 15) is 26.3 Å². The molecule has 0 radical (unpaired) electrons. The zero-order valence-corrected chi connectivity index (χ0v) is 11.8. The average Bonchev–Trinajstić information content (AvgIpc) is 2.37. The van der Waals surface area contributed by atoms with Crippen molar-refractivity contribution in [3.8, 4) is 0 Å². The first-order chi connectivity index (χ1) is 9.81. The fourth-order valence-corrected chi connectivity index (χ4v) is 1.55. The van der Waals surface area contributed by atoms with Crippen molar-refractivity contribution in [2.45, 2.75) is 64.5 Å². The van der Waals surface area contributed by atoms with Gasteiger partial charge in [0.1, 0.15) is 12.2 Å². The van der Waals surface area contributed by atoms with E-state index in [1.807, 2.05) is 0 Å². The van der Waals surface area contributed by atoms with E-state index in [0.717, 1.165) is 0 Å². The van der Waals surface area contributed by atoms with E-state index >= 15 is 0 Å². The van der Waals surface area contributed by atoms with Crippen LogP contribution in [0.2, 0.25) is 0 Å². The summed E-state index contributed by atoms with van der Waals surface area (Å²) in [5.41, 5.74) is 0. The molecule has 0 aliphatic carbocycles. The molecule has 128 valence electrons. The Labute approximate surface area is 119 Å². The number of hydrogen-bond donors (Lipinski definition) is 0. The van der Waals surface area contributed by atoms with Crippen molar-refractivity contribution in [3.63, 3.8) is 0 Å². The molecule has 0 fully saturated rings. The Morgan fingerprint density at radius 1 is 0.667 bits per heavy atom. The van der Waals surface area contributed by atoms with Gasteiger partial charge in [-0.2, -0.15) is 0 Å². The van der Waals surface area contributed by atoms with Crippen molar-refractivity contribution < 1.29 is 40.6 Å². The van der Waals surface area contributed by atoms with Crippen LogP contribution in [0.25, 0.3) is 0 Å². The van der Waals surface area contributed by atoms with Crippen molar-refractivity contribution in [3.05, 3.63) is 0 Å². The predicted octanol–water partition coefficient (Wildman–Crippen LogP) is 3.71. The zero-order chi connectivity index (χ0) is 16.4. The Kier molecular flexibility index (Phi) is 10.8. The van der Waals surface area contributed by atoms with Gasteiger partial charge < -0.3 is 14.2 Å². The van der Waals surface area contributed by atoms with E-state index in [1.54, 1.807) is 0 Å². The van der Waals surface area contributed by atoms with Crippen molar-refractivity contribution in [1.82, 2.24) is 0 Å². The molecular weight excluding hydrogens is 306 g/mol. The van der Waals surface area contributed by atoms with E-state index in [1.165, 1.54) is 13.8 Å². The molecule has 21 heavy (non-hydrogen) atoms. The monoisotopic (exact) mass is 326 g/mol. The summed E-state index contributed by atoms with van der Waals surface area (Å²) in [7, 11) is 0. The van der Waals surface area contributed by atoms with Crippen LogP contribution in [0.15, 0.2) is 0 Å². The van der Waals surface area contributed by atoms with Crippen LogP contribution < -0.4 is 0 Å². The Hall–Kier alpha value is -0.540. The van der Waals surface area contributed by atoms with Gasteiger partial charge in [-0.15, -0.1) is 0 Å². The number of ether oxygens (including phenoxy) is 3. The Balaban J connectivity index is 4.25. The third kappa shape index (κ3) is 9.15. The first-order valence-corrected chi connectivity index (χ1v) is 6.54. The molecule has 0 saturated heterocycles.